The van der Waals surface area contributed by atoms with Crippen LogP contribution >= 0.6 is 0 Å². The number of aldehydes is 1. The van der Waals surface area contributed by atoms with E-state index >= 15 is 0 Å². The minimum atomic E-state index is -1.39. The van der Waals surface area contributed by atoms with Crippen molar-refractivity contribution in [3.05, 3.63) is 77.4 Å². The molecule has 426 valence electrons. The third kappa shape index (κ3) is 35.2. The van der Waals surface area contributed by atoms with Gasteiger partial charge in [-0.3, -0.25) is 35.2 Å². The first kappa shape index (κ1) is 72.0. The second-order valence-corrected chi connectivity index (χ2v) is 17.1. The second-order valence-electron chi connectivity index (χ2n) is 17.1. The minimum Gasteiger partial charge on any atom is -0.542 e. The summed E-state index contributed by atoms with van der Waals surface area (Å²) in [7, 11) is 1.97. The summed E-state index contributed by atoms with van der Waals surface area (Å²) in [5, 5.41) is 57.5. The molecule has 5 amide bonds. The Morgan fingerprint density at radius 3 is 1.99 bits per heavy atom. The summed E-state index contributed by atoms with van der Waals surface area (Å²) < 4.78 is 20.8. The molecule has 3 aromatic rings. The van der Waals surface area contributed by atoms with Gasteiger partial charge in [-0.25, -0.2) is 9.59 Å². The Morgan fingerprint density at radius 2 is 1.43 bits per heavy atom. The molecule has 0 spiro atoms. The first-order chi connectivity index (χ1) is 37.5. The van der Waals surface area contributed by atoms with Gasteiger partial charge in [-0.15, -0.1) is 6.42 Å². The molecule has 0 bridgehead atoms. The molecular formula is C54H73N8NaO16. The van der Waals surface area contributed by atoms with Gasteiger partial charge in [0.2, 0.25) is 17.7 Å². The van der Waals surface area contributed by atoms with E-state index in [1.54, 1.807) is 18.4 Å². The standard InChI is InChI=1S/C23H31N3O2.C12H10N2O2.C11H20NO5.C8H12N2O7.Na/c1-3-4-13-24-22(27)20(25-23(28)21-10-7-14-26(21)2)16-17-11-12-18-8-5-6-9-19(18)15-17;13-8-10-5-11(9-14)7-12(6-10)16-4-2-1-3-15;1-11(14)12-3-6-16-8-10-17-9-7-15-5-2-4-13;11-5(12)2-1-4(7(15)16)10-8(17)9-3-6(13)14;/h5-6,8-9,11-12,15,20-21H,3-4,7,10,13-14,16H2,1-2H3,(H,24,27)(H,25,28);3,5-7H,1-2,4H2;2-3,5-10H2,1H3,(H,12,14);4H,1-3H2,(H,11,12)(H,13,14)(H,15,16)(H2,9,10,17);/q;;-1;;+1/t20?,21-;;;;/m0..../s1. The van der Waals surface area contributed by atoms with Crippen LogP contribution in [-0.4, -0.2) is 172 Å². The van der Waals surface area contributed by atoms with Crippen LogP contribution in [0.5, 0.6) is 5.75 Å². The molecule has 2 unspecified atom stereocenters. The van der Waals surface area contributed by atoms with Gasteiger partial charge < -0.3 is 70.4 Å². The summed E-state index contributed by atoms with van der Waals surface area (Å²) in [5.74, 6) is -3.58. The number of carboxylic acid groups (broad SMARTS) is 3. The van der Waals surface area contributed by atoms with Gasteiger partial charge in [0.1, 0.15) is 30.7 Å². The molecule has 1 heterocycles. The van der Waals surface area contributed by atoms with Crippen LogP contribution in [0.1, 0.15) is 88.3 Å². The fourth-order valence-corrected chi connectivity index (χ4v) is 6.85. The number of aliphatic carboxylic acids is 3. The molecule has 24 nitrogen and oxygen atoms in total. The van der Waals surface area contributed by atoms with Gasteiger partial charge in [-0.2, -0.15) is 10.5 Å². The minimum absolute atomic E-state index is 0. The van der Waals surface area contributed by atoms with Crippen LogP contribution in [0.2, 0.25) is 0 Å². The smallest absolute Gasteiger partial charge is 0.542 e. The van der Waals surface area contributed by atoms with Gasteiger partial charge in [0, 0.05) is 45.9 Å². The maximum Gasteiger partial charge on any atom is 1.00 e. The Bertz CT molecular complexity index is 2400. The van der Waals surface area contributed by atoms with E-state index in [9.17, 15) is 43.2 Å². The van der Waals surface area contributed by atoms with Crippen molar-refractivity contribution in [3.63, 3.8) is 0 Å². The molecule has 4 rings (SSSR count). The van der Waals surface area contributed by atoms with Gasteiger partial charge in [0.15, 0.2) is 0 Å². The molecule has 1 aliphatic rings. The molecule has 3 aromatic carbocycles. The number of nitriles is 2. The van der Waals surface area contributed by atoms with E-state index in [1.807, 2.05) is 48.0 Å². The Morgan fingerprint density at radius 1 is 0.785 bits per heavy atom. The normalized spacial score (nSPS) is 12.8. The van der Waals surface area contributed by atoms with E-state index < -0.39 is 49.0 Å². The fourth-order valence-electron chi connectivity index (χ4n) is 6.85. The van der Waals surface area contributed by atoms with E-state index in [1.165, 1.54) is 18.4 Å². The van der Waals surface area contributed by atoms with E-state index in [0.29, 0.717) is 102 Å². The molecule has 8 N–H and O–H groups in total. The average Bonchev–Trinajstić information content (AvgIpc) is 3.86. The van der Waals surface area contributed by atoms with Crippen molar-refractivity contribution in [2.45, 2.75) is 96.2 Å². The molecule has 25 heteroatoms. The molecular weight excluding hydrogens is 1040 g/mol. The van der Waals surface area contributed by atoms with Crippen molar-refractivity contribution in [2.24, 2.45) is 0 Å². The Kier molecular flexibility index (Phi) is 40.9. The van der Waals surface area contributed by atoms with Crippen LogP contribution in [0.4, 0.5) is 4.79 Å². The maximum atomic E-state index is 12.8. The number of urea groups is 1. The number of carbonyl (C=O) groups excluding carboxylic acids is 6. The fraction of sp³-hybridized carbons (Fsp3) is 0.500. The summed E-state index contributed by atoms with van der Waals surface area (Å²) in [6.07, 6.45) is 7.56. The average molecular weight is 1110 g/mol. The number of benzene rings is 3. The Labute approximate surface area is 482 Å². The van der Waals surface area contributed by atoms with Crippen molar-refractivity contribution in [1.29, 1.82) is 10.5 Å². The number of hydrogen-bond acceptors (Lipinski definition) is 16. The number of carbonyl (C=O) groups is 8. The molecule has 1 saturated heterocycles. The van der Waals surface area contributed by atoms with Crippen molar-refractivity contribution >= 4 is 65.0 Å². The number of likely N-dealkylation sites (tertiary alicyclic amines) is 1. The maximum absolute atomic E-state index is 12.8. The van der Waals surface area contributed by atoms with E-state index in [4.69, 9.17) is 44.8 Å². The summed E-state index contributed by atoms with van der Waals surface area (Å²) in [6, 6.07) is 19.9. The van der Waals surface area contributed by atoms with Crippen molar-refractivity contribution in [3.8, 4) is 17.9 Å². The molecule has 1 aliphatic heterocycles. The zero-order chi connectivity index (χ0) is 57.9. The number of rotatable bonds is 32. The van der Waals surface area contributed by atoms with Gasteiger partial charge in [0.25, 0.3) is 0 Å². The molecule has 1 fully saturated rings. The summed E-state index contributed by atoms with van der Waals surface area (Å²) >= 11 is 0. The van der Waals surface area contributed by atoms with Gasteiger partial charge in [-0.05, 0) is 80.2 Å². The molecule has 79 heavy (non-hydrogen) atoms. The monoisotopic (exact) mass is 1110 g/mol. The predicted octanol–water partition coefficient (Wildman–Crippen LogP) is 0.0298. The number of nitrogens with one attached hydrogen (secondary N) is 5. The van der Waals surface area contributed by atoms with Crippen molar-refractivity contribution in [1.82, 2.24) is 31.5 Å². The number of fused-ring (bicyclic) bond motifs is 1. The molecule has 0 saturated carbocycles. The Hall–Kier alpha value is -7.03. The van der Waals surface area contributed by atoms with Crippen molar-refractivity contribution < 1.29 is 107 Å². The molecule has 0 aliphatic carbocycles. The largest absolute Gasteiger partial charge is 1.00 e. The number of hydrogen-bond donors (Lipinski definition) is 8. The van der Waals surface area contributed by atoms with Gasteiger partial charge >= 0.3 is 53.5 Å². The number of likely N-dealkylation sites (N-methyl/N-ethyl adjacent to an activating group) is 1. The zero-order valence-electron chi connectivity index (χ0n) is 45.4. The van der Waals surface area contributed by atoms with Gasteiger partial charge in [-0.1, -0.05) is 55.8 Å². The summed E-state index contributed by atoms with van der Waals surface area (Å²) in [6.45, 7) is 8.18. The number of amides is 5. The molecule has 3 atom stereocenters. The topological polar surface area (TPSA) is 362 Å². The quantitative estimate of drug-likeness (QED) is 0.0177. The van der Waals surface area contributed by atoms with Crippen LogP contribution in [0.15, 0.2) is 60.7 Å². The summed E-state index contributed by atoms with van der Waals surface area (Å²) in [4.78, 5) is 100.0. The first-order valence-electron chi connectivity index (χ1n) is 25.3. The predicted molar refractivity (Wildman–Crippen MR) is 284 cm³/mol. The molecule has 0 aromatic heterocycles. The Balaban J connectivity index is 0.00000106. The second kappa shape index (κ2) is 44.9. The number of nitrogens with zero attached hydrogens (tertiary/aromatic N) is 3. The van der Waals surface area contributed by atoms with Crippen LogP contribution < -0.4 is 60.9 Å². The van der Waals surface area contributed by atoms with Crippen LogP contribution in [-0.2, 0) is 59.0 Å². The number of ether oxygens (including phenoxy) is 4. The molecule has 0 radical (unpaired) electrons. The zero-order valence-corrected chi connectivity index (χ0v) is 47.4. The third-order valence-electron chi connectivity index (χ3n) is 10.8. The van der Waals surface area contributed by atoms with E-state index in [2.05, 4.69) is 52.0 Å². The van der Waals surface area contributed by atoms with Crippen LogP contribution in [0.3, 0.4) is 0 Å². The SMILES string of the molecule is CC(=O)NCCOCCOCCOCC[C-]=O.CCCCNC(=O)C(Cc1ccc2ccccc2c1)NC(=O)[C@@H]1CCCN1C.N#Cc1cc(C#N)cc(OCCCC=O)c1.O=C(O)CCC(NC(=O)NCC(=O)O)C(=O)O.[Na+]. The van der Waals surface area contributed by atoms with Crippen LogP contribution in [0.25, 0.3) is 10.8 Å². The summed E-state index contributed by atoms with van der Waals surface area (Å²) in [5.41, 5.74) is 1.84. The first-order valence-corrected chi connectivity index (χ1v) is 25.3. The third-order valence-corrected chi connectivity index (χ3v) is 10.8. The van der Waals surface area contributed by atoms with Crippen LogP contribution in [0, 0.1) is 22.7 Å². The number of unbranched alkanes of at least 4 members (excludes halogenated alkanes) is 2. The number of carboxylic acids is 3. The van der Waals surface area contributed by atoms with E-state index in [0.717, 1.165) is 49.5 Å². The van der Waals surface area contributed by atoms with E-state index in [-0.39, 0.29) is 59.7 Å². The van der Waals surface area contributed by atoms with Crippen molar-refractivity contribution in [2.75, 3.05) is 79.5 Å². The van der Waals surface area contributed by atoms with Gasteiger partial charge in [0.05, 0.1) is 68.9 Å².